The third kappa shape index (κ3) is 3.00. The summed E-state index contributed by atoms with van der Waals surface area (Å²) in [7, 11) is 1.39. The van der Waals surface area contributed by atoms with Gasteiger partial charge in [-0.05, 0) is 37.0 Å². The number of ether oxygens (including phenoxy) is 1. The SMILES string of the molecule is CCCC1CCN(c2cc(C(=O)OC)ccc2N)C1. The lowest BCUT2D eigenvalue weighted by molar-refractivity contribution is 0.0601. The molecule has 2 rings (SSSR count). The molecule has 1 aliphatic heterocycles. The molecule has 1 aromatic rings. The highest BCUT2D eigenvalue weighted by Crippen LogP contribution is 2.31. The number of rotatable bonds is 4. The van der Waals surface area contributed by atoms with Crippen LogP contribution >= 0.6 is 0 Å². The van der Waals surface area contributed by atoms with Crippen LogP contribution in [0.2, 0.25) is 0 Å². The molecule has 0 saturated carbocycles. The van der Waals surface area contributed by atoms with Gasteiger partial charge >= 0.3 is 5.97 Å². The summed E-state index contributed by atoms with van der Waals surface area (Å²) in [5, 5.41) is 0. The van der Waals surface area contributed by atoms with Crippen molar-refractivity contribution in [3.63, 3.8) is 0 Å². The zero-order valence-corrected chi connectivity index (χ0v) is 11.7. The van der Waals surface area contributed by atoms with Crippen LogP contribution in [0.25, 0.3) is 0 Å². The van der Waals surface area contributed by atoms with Gasteiger partial charge in [-0.25, -0.2) is 4.79 Å². The van der Waals surface area contributed by atoms with E-state index >= 15 is 0 Å². The second-order valence-corrected chi connectivity index (χ2v) is 5.15. The summed E-state index contributed by atoms with van der Waals surface area (Å²) in [6, 6.07) is 5.34. The fourth-order valence-electron chi connectivity index (χ4n) is 2.76. The lowest BCUT2D eigenvalue weighted by Gasteiger charge is -2.21. The van der Waals surface area contributed by atoms with Crippen LogP contribution in [-0.4, -0.2) is 26.2 Å². The van der Waals surface area contributed by atoms with E-state index in [1.165, 1.54) is 26.4 Å². The maximum Gasteiger partial charge on any atom is 0.337 e. The van der Waals surface area contributed by atoms with Crippen molar-refractivity contribution in [3.05, 3.63) is 23.8 Å². The molecule has 0 aromatic heterocycles. The van der Waals surface area contributed by atoms with Crippen LogP contribution in [0, 0.1) is 5.92 Å². The fraction of sp³-hybridized carbons (Fsp3) is 0.533. The molecule has 1 fully saturated rings. The van der Waals surface area contributed by atoms with Crippen molar-refractivity contribution in [1.29, 1.82) is 0 Å². The zero-order chi connectivity index (χ0) is 13.8. The first-order valence-electron chi connectivity index (χ1n) is 6.88. The quantitative estimate of drug-likeness (QED) is 0.669. The summed E-state index contributed by atoms with van der Waals surface area (Å²) < 4.78 is 4.76. The van der Waals surface area contributed by atoms with Gasteiger partial charge in [0.05, 0.1) is 24.0 Å². The van der Waals surface area contributed by atoms with E-state index in [2.05, 4.69) is 11.8 Å². The molecule has 4 nitrogen and oxygen atoms in total. The average Bonchev–Trinajstić information content (AvgIpc) is 2.87. The standard InChI is InChI=1S/C15H22N2O2/c1-3-4-11-7-8-17(10-11)14-9-12(15(18)19-2)5-6-13(14)16/h5-6,9,11H,3-4,7-8,10,16H2,1-2H3. The molecular formula is C15H22N2O2. The predicted molar refractivity (Wildman–Crippen MR) is 77.4 cm³/mol. The van der Waals surface area contributed by atoms with Crippen LogP contribution < -0.4 is 10.6 Å². The third-order valence-corrected chi connectivity index (χ3v) is 3.77. The number of methoxy groups -OCH3 is 1. The average molecular weight is 262 g/mol. The Balaban J connectivity index is 2.18. The number of nitrogen functional groups attached to an aromatic ring is 1. The maximum atomic E-state index is 11.6. The van der Waals surface area contributed by atoms with E-state index in [-0.39, 0.29) is 5.97 Å². The van der Waals surface area contributed by atoms with Crippen LogP contribution in [-0.2, 0) is 4.74 Å². The normalized spacial score (nSPS) is 18.6. The van der Waals surface area contributed by atoms with Crippen molar-refractivity contribution < 1.29 is 9.53 Å². The van der Waals surface area contributed by atoms with Crippen molar-refractivity contribution >= 4 is 17.3 Å². The highest BCUT2D eigenvalue weighted by atomic mass is 16.5. The summed E-state index contributed by atoms with van der Waals surface area (Å²) in [5.41, 5.74) is 8.28. The Morgan fingerprint density at radius 2 is 2.32 bits per heavy atom. The lowest BCUT2D eigenvalue weighted by atomic mass is 10.0. The van der Waals surface area contributed by atoms with E-state index in [0.29, 0.717) is 5.56 Å². The second kappa shape index (κ2) is 5.95. The number of anilines is 2. The van der Waals surface area contributed by atoms with Crippen molar-refractivity contribution in [3.8, 4) is 0 Å². The molecule has 0 bridgehead atoms. The molecule has 4 heteroatoms. The van der Waals surface area contributed by atoms with E-state index in [1.807, 2.05) is 6.07 Å². The summed E-state index contributed by atoms with van der Waals surface area (Å²) >= 11 is 0. The number of esters is 1. The van der Waals surface area contributed by atoms with E-state index in [9.17, 15) is 4.79 Å². The molecule has 0 radical (unpaired) electrons. The van der Waals surface area contributed by atoms with Crippen molar-refractivity contribution in [2.45, 2.75) is 26.2 Å². The maximum absolute atomic E-state index is 11.6. The molecule has 1 aromatic carbocycles. The molecule has 0 aliphatic carbocycles. The van der Waals surface area contributed by atoms with Crippen LogP contribution in [0.3, 0.4) is 0 Å². The molecule has 1 saturated heterocycles. The Morgan fingerprint density at radius 3 is 3.00 bits per heavy atom. The first-order valence-corrected chi connectivity index (χ1v) is 6.88. The Morgan fingerprint density at radius 1 is 1.53 bits per heavy atom. The molecule has 1 unspecified atom stereocenters. The van der Waals surface area contributed by atoms with Gasteiger partial charge in [0.15, 0.2) is 0 Å². The van der Waals surface area contributed by atoms with Crippen LogP contribution in [0.1, 0.15) is 36.5 Å². The fourth-order valence-corrected chi connectivity index (χ4v) is 2.76. The van der Waals surface area contributed by atoms with Gasteiger partial charge in [0, 0.05) is 13.1 Å². The van der Waals surface area contributed by atoms with Crippen LogP contribution in [0.5, 0.6) is 0 Å². The Labute approximate surface area is 114 Å². The molecule has 104 valence electrons. The Kier molecular flexibility index (Phi) is 4.30. The minimum atomic E-state index is -0.314. The molecule has 0 spiro atoms. The number of carbonyl (C=O) groups excluding carboxylic acids is 1. The lowest BCUT2D eigenvalue weighted by Crippen LogP contribution is -2.21. The second-order valence-electron chi connectivity index (χ2n) is 5.15. The predicted octanol–water partition coefficient (Wildman–Crippen LogP) is 2.68. The van der Waals surface area contributed by atoms with Gasteiger partial charge in [0.25, 0.3) is 0 Å². The van der Waals surface area contributed by atoms with Gasteiger partial charge in [0.1, 0.15) is 0 Å². The number of hydrogen-bond donors (Lipinski definition) is 1. The van der Waals surface area contributed by atoms with Crippen LogP contribution in [0.15, 0.2) is 18.2 Å². The third-order valence-electron chi connectivity index (χ3n) is 3.77. The molecule has 0 amide bonds. The zero-order valence-electron chi connectivity index (χ0n) is 11.7. The minimum Gasteiger partial charge on any atom is -0.465 e. The molecule has 2 N–H and O–H groups in total. The number of nitrogens with two attached hydrogens (primary N) is 1. The smallest absolute Gasteiger partial charge is 0.337 e. The number of benzene rings is 1. The minimum absolute atomic E-state index is 0.314. The summed E-state index contributed by atoms with van der Waals surface area (Å²) in [6.07, 6.45) is 3.68. The van der Waals surface area contributed by atoms with Crippen molar-refractivity contribution in [1.82, 2.24) is 0 Å². The molecule has 19 heavy (non-hydrogen) atoms. The highest BCUT2D eigenvalue weighted by Gasteiger charge is 2.23. The van der Waals surface area contributed by atoms with Gasteiger partial charge in [-0.2, -0.15) is 0 Å². The highest BCUT2D eigenvalue weighted by molar-refractivity contribution is 5.92. The topological polar surface area (TPSA) is 55.6 Å². The number of nitrogens with zero attached hydrogens (tertiary/aromatic N) is 1. The molecule has 1 heterocycles. The Hall–Kier alpha value is -1.71. The molecular weight excluding hydrogens is 240 g/mol. The monoisotopic (exact) mass is 262 g/mol. The molecule has 1 atom stereocenters. The Bertz CT molecular complexity index is 459. The molecule has 1 aliphatic rings. The van der Waals surface area contributed by atoms with Gasteiger partial charge in [-0.3, -0.25) is 0 Å². The summed E-state index contributed by atoms with van der Waals surface area (Å²) in [6.45, 7) is 4.26. The number of hydrogen-bond acceptors (Lipinski definition) is 4. The van der Waals surface area contributed by atoms with Gasteiger partial charge in [-0.1, -0.05) is 13.3 Å². The van der Waals surface area contributed by atoms with E-state index in [0.717, 1.165) is 30.4 Å². The van der Waals surface area contributed by atoms with E-state index < -0.39 is 0 Å². The van der Waals surface area contributed by atoms with E-state index in [1.54, 1.807) is 12.1 Å². The first kappa shape index (κ1) is 13.7. The largest absolute Gasteiger partial charge is 0.465 e. The van der Waals surface area contributed by atoms with Gasteiger partial charge in [-0.15, -0.1) is 0 Å². The van der Waals surface area contributed by atoms with Crippen molar-refractivity contribution in [2.75, 3.05) is 30.8 Å². The summed E-state index contributed by atoms with van der Waals surface area (Å²) in [4.78, 5) is 13.9. The van der Waals surface area contributed by atoms with Crippen molar-refractivity contribution in [2.24, 2.45) is 5.92 Å². The van der Waals surface area contributed by atoms with Gasteiger partial charge < -0.3 is 15.4 Å². The first-order chi connectivity index (χ1) is 9.15. The van der Waals surface area contributed by atoms with Gasteiger partial charge in [0.2, 0.25) is 0 Å². The number of carbonyl (C=O) groups is 1. The van der Waals surface area contributed by atoms with E-state index in [4.69, 9.17) is 10.5 Å². The van der Waals surface area contributed by atoms with Crippen LogP contribution in [0.4, 0.5) is 11.4 Å². The summed E-state index contributed by atoms with van der Waals surface area (Å²) in [5.74, 6) is 0.428.